The summed E-state index contributed by atoms with van der Waals surface area (Å²) in [5.74, 6) is 0.534. The molecule has 1 aromatic rings. The van der Waals surface area contributed by atoms with Gasteiger partial charge in [0.25, 0.3) is 0 Å². The second-order valence-electron chi connectivity index (χ2n) is 7.74. The minimum atomic E-state index is -0.203. The van der Waals surface area contributed by atoms with Crippen molar-refractivity contribution >= 4 is 6.09 Å². The second-order valence-corrected chi connectivity index (χ2v) is 7.74. The molecule has 2 aliphatic rings. The van der Waals surface area contributed by atoms with Gasteiger partial charge in [0.05, 0.1) is 13.2 Å². The number of carbonyl (C=O) groups excluding carboxylic acids is 1. The summed E-state index contributed by atoms with van der Waals surface area (Å²) in [6, 6.07) is 4.71. The third-order valence-corrected chi connectivity index (χ3v) is 5.74. The summed E-state index contributed by atoms with van der Waals surface area (Å²) < 4.78 is 5.31. The van der Waals surface area contributed by atoms with E-state index in [1.807, 2.05) is 30.2 Å². The number of ether oxygens (including phenoxy) is 1. The van der Waals surface area contributed by atoms with Crippen molar-refractivity contribution in [1.29, 1.82) is 0 Å². The summed E-state index contributed by atoms with van der Waals surface area (Å²) in [5.41, 5.74) is 1.06. The summed E-state index contributed by atoms with van der Waals surface area (Å²) in [4.78, 5) is 21.2. The molecule has 0 N–H and O–H groups in total. The lowest BCUT2D eigenvalue weighted by Gasteiger charge is -2.41. The van der Waals surface area contributed by atoms with Crippen LogP contribution in [-0.2, 0) is 11.3 Å². The Hall–Kier alpha value is -1.62. The van der Waals surface area contributed by atoms with Crippen molar-refractivity contribution in [1.82, 2.24) is 14.8 Å². The monoisotopic (exact) mass is 359 g/mol. The third-order valence-electron chi connectivity index (χ3n) is 5.74. The van der Waals surface area contributed by atoms with Crippen LogP contribution in [0.5, 0.6) is 0 Å². The van der Waals surface area contributed by atoms with Crippen molar-refractivity contribution in [3.8, 4) is 0 Å². The zero-order valence-electron chi connectivity index (χ0n) is 16.1. The average Bonchev–Trinajstić information content (AvgIpc) is 2.69. The van der Waals surface area contributed by atoms with Gasteiger partial charge in [-0.15, -0.1) is 0 Å². The molecule has 1 atom stereocenters. The molecule has 0 radical (unpaired) electrons. The second kappa shape index (κ2) is 9.91. The Bertz CT molecular complexity index is 545. The van der Waals surface area contributed by atoms with Gasteiger partial charge in [-0.2, -0.15) is 0 Å². The van der Waals surface area contributed by atoms with Crippen LogP contribution < -0.4 is 0 Å². The molecule has 1 aromatic heterocycles. The van der Waals surface area contributed by atoms with Gasteiger partial charge in [0, 0.05) is 31.5 Å². The van der Waals surface area contributed by atoms with Gasteiger partial charge in [-0.05, 0) is 56.7 Å². The molecule has 1 amide bonds. The normalized spacial score (nSPS) is 22.1. The Morgan fingerprint density at radius 3 is 2.85 bits per heavy atom. The molecule has 2 fully saturated rings. The summed E-state index contributed by atoms with van der Waals surface area (Å²) in [5, 5.41) is 0. The minimum Gasteiger partial charge on any atom is -0.450 e. The first-order valence-electron chi connectivity index (χ1n) is 10.3. The fourth-order valence-electron chi connectivity index (χ4n) is 4.47. The molecule has 1 saturated heterocycles. The molecule has 0 aromatic carbocycles. The lowest BCUT2D eigenvalue weighted by atomic mass is 9.90. The number of aromatic nitrogens is 1. The first kappa shape index (κ1) is 19.2. The van der Waals surface area contributed by atoms with Crippen LogP contribution in [0.3, 0.4) is 0 Å². The smallest absolute Gasteiger partial charge is 0.410 e. The Morgan fingerprint density at radius 1 is 1.27 bits per heavy atom. The van der Waals surface area contributed by atoms with E-state index in [2.05, 4.69) is 9.88 Å². The number of likely N-dealkylation sites (tertiary alicyclic amines) is 1. The summed E-state index contributed by atoms with van der Waals surface area (Å²) in [6.45, 7) is 5.98. The van der Waals surface area contributed by atoms with E-state index in [9.17, 15) is 4.79 Å². The maximum absolute atomic E-state index is 12.5. The number of carbonyl (C=O) groups is 1. The fraction of sp³-hybridized carbons (Fsp3) is 0.714. The van der Waals surface area contributed by atoms with Crippen molar-refractivity contribution in [3.63, 3.8) is 0 Å². The number of amides is 1. The molecule has 3 rings (SSSR count). The van der Waals surface area contributed by atoms with Crippen LogP contribution in [0.15, 0.2) is 24.5 Å². The van der Waals surface area contributed by atoms with Crippen LogP contribution in [0.4, 0.5) is 4.79 Å². The first-order valence-corrected chi connectivity index (χ1v) is 10.3. The van der Waals surface area contributed by atoms with E-state index in [4.69, 9.17) is 4.74 Å². The van der Waals surface area contributed by atoms with Crippen LogP contribution in [0.25, 0.3) is 0 Å². The van der Waals surface area contributed by atoms with Gasteiger partial charge in [-0.3, -0.25) is 4.98 Å². The van der Waals surface area contributed by atoms with E-state index in [-0.39, 0.29) is 6.09 Å². The Kier molecular flexibility index (Phi) is 7.30. The van der Waals surface area contributed by atoms with Gasteiger partial charge in [-0.25, -0.2) is 4.79 Å². The Labute approximate surface area is 157 Å². The topological polar surface area (TPSA) is 45.7 Å². The lowest BCUT2D eigenvalue weighted by Crippen LogP contribution is -2.47. The molecule has 5 heteroatoms. The molecule has 1 aliphatic carbocycles. The average molecular weight is 360 g/mol. The molecule has 1 saturated carbocycles. The summed E-state index contributed by atoms with van der Waals surface area (Å²) >= 11 is 0. The van der Waals surface area contributed by atoms with Crippen LogP contribution in [0.2, 0.25) is 0 Å². The quantitative estimate of drug-likeness (QED) is 0.768. The number of piperidine rings is 1. The highest BCUT2D eigenvalue weighted by Crippen LogP contribution is 2.27. The standard InChI is InChI=1S/C21H33N3O2/c1-2-26-21(25)24(15-18-8-6-12-22-14-18)17-19-9-7-13-23(16-19)20-10-4-3-5-11-20/h6,8,12,14,19-20H,2-5,7,9-11,13,15-17H2,1H3/t19-/m0/s1. The maximum atomic E-state index is 12.5. The molecular weight excluding hydrogens is 326 g/mol. The minimum absolute atomic E-state index is 0.203. The molecule has 0 bridgehead atoms. The Balaban J connectivity index is 1.60. The SMILES string of the molecule is CCOC(=O)N(Cc1cccnc1)C[C@H]1CCCN(C2CCCCC2)C1. The van der Waals surface area contributed by atoms with Gasteiger partial charge < -0.3 is 14.5 Å². The number of nitrogens with zero attached hydrogens (tertiary/aromatic N) is 3. The van der Waals surface area contributed by atoms with Gasteiger partial charge in [0.2, 0.25) is 0 Å². The maximum Gasteiger partial charge on any atom is 0.410 e. The molecule has 144 valence electrons. The Morgan fingerprint density at radius 2 is 2.12 bits per heavy atom. The fourth-order valence-corrected chi connectivity index (χ4v) is 4.47. The lowest BCUT2D eigenvalue weighted by molar-refractivity contribution is 0.0656. The van der Waals surface area contributed by atoms with Gasteiger partial charge >= 0.3 is 6.09 Å². The highest BCUT2D eigenvalue weighted by Gasteiger charge is 2.29. The number of rotatable bonds is 6. The van der Waals surface area contributed by atoms with Crippen molar-refractivity contribution in [3.05, 3.63) is 30.1 Å². The largest absolute Gasteiger partial charge is 0.450 e. The molecule has 26 heavy (non-hydrogen) atoms. The summed E-state index contributed by atoms with van der Waals surface area (Å²) in [7, 11) is 0. The molecule has 0 unspecified atom stereocenters. The third kappa shape index (κ3) is 5.44. The van der Waals surface area contributed by atoms with Crippen molar-refractivity contribution < 1.29 is 9.53 Å². The van der Waals surface area contributed by atoms with E-state index in [0.29, 0.717) is 19.1 Å². The zero-order valence-corrected chi connectivity index (χ0v) is 16.1. The molecule has 2 heterocycles. The van der Waals surface area contributed by atoms with E-state index in [0.717, 1.165) is 24.7 Å². The van der Waals surface area contributed by atoms with Gasteiger partial charge in [0.1, 0.15) is 0 Å². The van der Waals surface area contributed by atoms with Crippen LogP contribution in [0, 0.1) is 5.92 Å². The van der Waals surface area contributed by atoms with Crippen LogP contribution in [-0.4, -0.2) is 53.2 Å². The molecule has 0 spiro atoms. The number of hydrogen-bond donors (Lipinski definition) is 0. The zero-order chi connectivity index (χ0) is 18.2. The van der Waals surface area contributed by atoms with E-state index < -0.39 is 0 Å². The van der Waals surface area contributed by atoms with Gasteiger partial charge in [-0.1, -0.05) is 25.3 Å². The highest BCUT2D eigenvalue weighted by molar-refractivity contribution is 5.67. The van der Waals surface area contributed by atoms with E-state index in [1.54, 1.807) is 6.20 Å². The van der Waals surface area contributed by atoms with Crippen molar-refractivity contribution in [2.75, 3.05) is 26.2 Å². The van der Waals surface area contributed by atoms with Crippen molar-refractivity contribution in [2.24, 2.45) is 5.92 Å². The molecular formula is C21H33N3O2. The highest BCUT2D eigenvalue weighted by atomic mass is 16.6. The predicted octanol–water partition coefficient (Wildman–Crippen LogP) is 4.08. The predicted molar refractivity (Wildman–Crippen MR) is 103 cm³/mol. The van der Waals surface area contributed by atoms with Crippen molar-refractivity contribution in [2.45, 2.75) is 64.5 Å². The van der Waals surface area contributed by atoms with Crippen LogP contribution in [0.1, 0.15) is 57.4 Å². The van der Waals surface area contributed by atoms with E-state index >= 15 is 0 Å². The molecule has 1 aliphatic heterocycles. The van der Waals surface area contributed by atoms with Gasteiger partial charge in [0.15, 0.2) is 0 Å². The van der Waals surface area contributed by atoms with Crippen LogP contribution >= 0.6 is 0 Å². The first-order chi connectivity index (χ1) is 12.8. The summed E-state index contributed by atoms with van der Waals surface area (Å²) in [6.07, 6.45) is 12.7. The van der Waals surface area contributed by atoms with E-state index in [1.165, 1.54) is 51.5 Å². The number of hydrogen-bond acceptors (Lipinski definition) is 4. The number of pyridine rings is 1. The molecule has 5 nitrogen and oxygen atoms in total.